The van der Waals surface area contributed by atoms with Gasteiger partial charge in [0.1, 0.15) is 11.9 Å². The van der Waals surface area contributed by atoms with Crippen molar-refractivity contribution < 1.29 is 19.4 Å². The Labute approximate surface area is 200 Å². The lowest BCUT2D eigenvalue weighted by Gasteiger charge is -2.62. The maximum Gasteiger partial charge on any atom is 0.320 e. The number of hydrogen-bond acceptors (Lipinski definition) is 5. The van der Waals surface area contributed by atoms with Crippen LogP contribution in [0.5, 0.6) is 0 Å². The summed E-state index contributed by atoms with van der Waals surface area (Å²) in [5.74, 6) is 2.30. The van der Waals surface area contributed by atoms with Gasteiger partial charge in [0.2, 0.25) is 0 Å². The Morgan fingerprint density at radius 2 is 1.76 bits per heavy atom. The number of hydrogen-bond donors (Lipinski definition) is 1. The van der Waals surface area contributed by atoms with Crippen LogP contribution in [-0.2, 0) is 14.3 Å². The molecule has 0 aromatic rings. The van der Waals surface area contributed by atoms with Crippen molar-refractivity contribution in [1.29, 1.82) is 0 Å². The van der Waals surface area contributed by atoms with E-state index in [2.05, 4.69) is 18.7 Å². The number of likely N-dealkylation sites (tertiary alicyclic amines) is 1. The molecular weight excluding hydrogens is 414 g/mol. The van der Waals surface area contributed by atoms with Crippen molar-refractivity contribution in [2.45, 2.75) is 104 Å². The van der Waals surface area contributed by atoms with E-state index >= 15 is 0 Å². The van der Waals surface area contributed by atoms with Crippen LogP contribution in [0.2, 0.25) is 0 Å². The van der Waals surface area contributed by atoms with Crippen LogP contribution in [0.1, 0.15) is 91.4 Å². The Morgan fingerprint density at radius 3 is 2.48 bits per heavy atom. The summed E-state index contributed by atoms with van der Waals surface area (Å²) in [5, 5.41) is 10.4. The molecule has 4 aliphatic carbocycles. The maximum absolute atomic E-state index is 13.2. The highest BCUT2D eigenvalue weighted by molar-refractivity contribution is 5.79. The zero-order valence-corrected chi connectivity index (χ0v) is 21.1. The summed E-state index contributed by atoms with van der Waals surface area (Å²) in [4.78, 5) is 28.1. The molecule has 0 spiro atoms. The lowest BCUT2D eigenvalue weighted by Crippen LogP contribution is -2.60. The van der Waals surface area contributed by atoms with E-state index in [1.807, 2.05) is 0 Å². The van der Waals surface area contributed by atoms with Crippen molar-refractivity contribution in [3.63, 3.8) is 0 Å². The fourth-order valence-corrected chi connectivity index (χ4v) is 9.61. The Morgan fingerprint density at radius 1 is 1.00 bits per heavy atom. The van der Waals surface area contributed by atoms with Gasteiger partial charge in [-0.15, -0.1) is 0 Å². The lowest BCUT2D eigenvalue weighted by atomic mass is 9.43. The number of carbonyl (C=O) groups is 2. The van der Waals surface area contributed by atoms with E-state index < -0.39 is 0 Å². The fourth-order valence-electron chi connectivity index (χ4n) is 9.61. The number of nitrogens with zero attached hydrogens (tertiary/aromatic N) is 1. The monoisotopic (exact) mass is 459 g/mol. The van der Waals surface area contributed by atoms with Gasteiger partial charge in [0.05, 0.1) is 12.6 Å². The van der Waals surface area contributed by atoms with E-state index in [-0.39, 0.29) is 34.9 Å². The molecule has 1 N–H and O–H groups in total. The smallest absolute Gasteiger partial charge is 0.320 e. The molecule has 0 unspecified atom stereocenters. The molecule has 33 heavy (non-hydrogen) atoms. The standard InChI is InChI=1S/C28H45NO4/c1-18(30)22-9-10-23-21-8-7-19-15-20(31)11-12-27(19,2)26(21)24(16-28(22,23)3)33-25(32)17-29-13-5-4-6-14-29/h19-24,26,31H,4-17H2,1-3H3/t19-,20+,21-,22+,23-,24-,26+,27-,28+/m0/s1. The highest BCUT2D eigenvalue weighted by Gasteiger charge is 2.64. The number of ketones is 1. The molecule has 0 aromatic carbocycles. The summed E-state index contributed by atoms with van der Waals surface area (Å²) < 4.78 is 6.45. The third-order valence-electron chi connectivity index (χ3n) is 11.1. The SMILES string of the molecule is CC(=O)[C@H]1CC[C@H]2[C@@H]3CC[C@H]4C[C@H](O)CC[C@]4(C)[C@H]3[C@@H](OC(=O)CN3CCCCC3)C[C@]12C. The molecule has 9 atom stereocenters. The maximum atomic E-state index is 13.2. The van der Waals surface area contributed by atoms with Crippen LogP contribution in [0.15, 0.2) is 0 Å². The summed E-state index contributed by atoms with van der Waals surface area (Å²) in [5.41, 5.74) is 0.0638. The molecule has 5 nitrogen and oxygen atoms in total. The van der Waals surface area contributed by atoms with Gasteiger partial charge < -0.3 is 9.84 Å². The summed E-state index contributed by atoms with van der Waals surface area (Å²) in [6, 6.07) is 0. The molecule has 0 aromatic heterocycles. The normalized spacial score (nSPS) is 47.8. The first-order valence-electron chi connectivity index (χ1n) is 13.8. The molecule has 5 heteroatoms. The second-order valence-electron chi connectivity index (χ2n) is 12.8. The Kier molecular flexibility index (Phi) is 6.44. The van der Waals surface area contributed by atoms with Crippen LogP contribution < -0.4 is 0 Å². The molecule has 0 bridgehead atoms. The molecule has 186 valence electrons. The predicted molar refractivity (Wildman–Crippen MR) is 127 cm³/mol. The van der Waals surface area contributed by atoms with E-state index in [1.54, 1.807) is 6.92 Å². The topological polar surface area (TPSA) is 66.8 Å². The highest BCUT2D eigenvalue weighted by Crippen LogP contribution is 2.68. The minimum absolute atomic E-state index is 0.0551. The van der Waals surface area contributed by atoms with Gasteiger partial charge in [-0.2, -0.15) is 0 Å². The third-order valence-corrected chi connectivity index (χ3v) is 11.1. The minimum Gasteiger partial charge on any atom is -0.461 e. The van der Waals surface area contributed by atoms with E-state index in [0.717, 1.165) is 58.0 Å². The van der Waals surface area contributed by atoms with Gasteiger partial charge in [-0.1, -0.05) is 20.3 Å². The summed E-state index contributed by atoms with van der Waals surface area (Å²) in [6.07, 6.45) is 11.4. The van der Waals surface area contributed by atoms with Gasteiger partial charge in [0.25, 0.3) is 0 Å². The second kappa shape index (κ2) is 8.93. The number of esters is 1. The van der Waals surface area contributed by atoms with E-state index in [9.17, 15) is 14.7 Å². The first-order valence-corrected chi connectivity index (χ1v) is 13.8. The Bertz CT molecular complexity index is 763. The van der Waals surface area contributed by atoms with Crippen LogP contribution in [0.3, 0.4) is 0 Å². The first kappa shape index (κ1) is 23.8. The molecule has 5 rings (SSSR count). The fraction of sp³-hybridized carbons (Fsp3) is 0.929. The lowest BCUT2D eigenvalue weighted by molar-refractivity contribution is -0.199. The molecule has 4 saturated carbocycles. The van der Waals surface area contributed by atoms with Gasteiger partial charge in [0, 0.05) is 11.8 Å². The number of carbonyl (C=O) groups excluding carboxylic acids is 2. The summed E-state index contributed by atoms with van der Waals surface area (Å²) in [6.45, 7) is 8.93. The summed E-state index contributed by atoms with van der Waals surface area (Å²) >= 11 is 0. The number of piperidine rings is 1. The quantitative estimate of drug-likeness (QED) is 0.622. The number of aliphatic hydroxyl groups excluding tert-OH is 1. The highest BCUT2D eigenvalue weighted by atomic mass is 16.5. The van der Waals surface area contributed by atoms with Crippen molar-refractivity contribution in [3.05, 3.63) is 0 Å². The van der Waals surface area contributed by atoms with Gasteiger partial charge in [0.15, 0.2) is 0 Å². The molecule has 5 fully saturated rings. The number of Topliss-reactive ketones (excluding diaryl/α,β-unsaturated/α-hetero) is 1. The largest absolute Gasteiger partial charge is 0.461 e. The van der Waals surface area contributed by atoms with Crippen LogP contribution in [0.4, 0.5) is 0 Å². The van der Waals surface area contributed by atoms with E-state index in [1.165, 1.54) is 25.7 Å². The van der Waals surface area contributed by atoms with E-state index in [4.69, 9.17) is 4.74 Å². The molecule has 1 aliphatic heterocycles. The number of aliphatic hydroxyl groups is 1. The average Bonchev–Trinajstić information content (AvgIpc) is 3.11. The third kappa shape index (κ3) is 4.09. The molecular formula is C28H45NO4. The predicted octanol–water partition coefficient (Wildman–Crippen LogP) is 4.60. The number of ether oxygens (including phenoxy) is 1. The van der Waals surface area contributed by atoms with Crippen molar-refractivity contribution >= 4 is 11.8 Å². The van der Waals surface area contributed by atoms with Gasteiger partial charge in [-0.05, 0) is 113 Å². The first-order chi connectivity index (χ1) is 15.7. The van der Waals surface area contributed by atoms with Gasteiger partial charge >= 0.3 is 5.97 Å². The van der Waals surface area contributed by atoms with Crippen LogP contribution in [0.25, 0.3) is 0 Å². The zero-order valence-electron chi connectivity index (χ0n) is 21.1. The van der Waals surface area contributed by atoms with Crippen molar-refractivity contribution in [3.8, 4) is 0 Å². The minimum atomic E-state index is -0.179. The van der Waals surface area contributed by atoms with Gasteiger partial charge in [-0.3, -0.25) is 14.5 Å². The average molecular weight is 460 g/mol. The molecule has 1 saturated heterocycles. The summed E-state index contributed by atoms with van der Waals surface area (Å²) in [7, 11) is 0. The molecule has 0 amide bonds. The van der Waals surface area contributed by atoms with Crippen LogP contribution >= 0.6 is 0 Å². The van der Waals surface area contributed by atoms with Crippen molar-refractivity contribution in [2.24, 2.45) is 40.4 Å². The van der Waals surface area contributed by atoms with E-state index in [0.29, 0.717) is 36.0 Å². The zero-order chi connectivity index (χ0) is 23.4. The molecule has 5 aliphatic rings. The molecule has 1 heterocycles. The van der Waals surface area contributed by atoms with Crippen molar-refractivity contribution in [1.82, 2.24) is 4.90 Å². The number of rotatable bonds is 4. The molecule has 0 radical (unpaired) electrons. The van der Waals surface area contributed by atoms with Crippen LogP contribution in [0, 0.1) is 40.4 Å². The Balaban J connectivity index is 1.43. The van der Waals surface area contributed by atoms with Crippen molar-refractivity contribution in [2.75, 3.05) is 19.6 Å². The number of fused-ring (bicyclic) bond motifs is 5. The van der Waals surface area contributed by atoms with Gasteiger partial charge in [-0.25, -0.2) is 0 Å². The Hall–Kier alpha value is -0.940. The second-order valence-corrected chi connectivity index (χ2v) is 12.8. The van der Waals surface area contributed by atoms with Crippen LogP contribution in [-0.4, -0.2) is 53.6 Å².